The highest BCUT2D eigenvalue weighted by Gasteiger charge is 2.55. The van der Waals surface area contributed by atoms with Gasteiger partial charge in [-0.15, -0.1) is 0 Å². The number of ether oxygens (including phenoxy) is 2. The Hall–Kier alpha value is -0.610. The lowest BCUT2D eigenvalue weighted by atomic mass is 9.54. The number of hydrogen-bond donors (Lipinski definition) is 1. The highest BCUT2D eigenvalue weighted by Crippen LogP contribution is 2.57. The van der Waals surface area contributed by atoms with E-state index in [0.29, 0.717) is 12.8 Å². The van der Waals surface area contributed by atoms with Crippen LogP contribution < -0.4 is 0 Å². The predicted octanol–water partition coefficient (Wildman–Crippen LogP) is 5.46. The third kappa shape index (κ3) is 4.59. The summed E-state index contributed by atoms with van der Waals surface area (Å²) in [6.45, 7) is 13.8. The molecule has 4 fully saturated rings. The number of rotatable bonds is 7. The molecule has 0 amide bonds. The Labute approximate surface area is 171 Å². The van der Waals surface area contributed by atoms with Crippen LogP contribution in [0.15, 0.2) is 0 Å². The molecule has 4 saturated carbocycles. The Bertz CT molecular complexity index is 553. The summed E-state index contributed by atoms with van der Waals surface area (Å²) in [6, 6.07) is 0. The van der Waals surface area contributed by atoms with Crippen molar-refractivity contribution in [2.24, 2.45) is 28.6 Å². The van der Waals surface area contributed by atoms with E-state index in [0.717, 1.165) is 37.0 Å². The van der Waals surface area contributed by atoms with Crippen molar-refractivity contribution >= 4 is 5.97 Å². The summed E-state index contributed by atoms with van der Waals surface area (Å²) in [7, 11) is 0. The molecule has 0 aromatic heterocycles. The topological polar surface area (TPSA) is 55.8 Å². The molecule has 0 saturated heterocycles. The minimum atomic E-state index is -0.925. The molecule has 2 atom stereocenters. The Morgan fingerprint density at radius 2 is 1.46 bits per heavy atom. The highest BCUT2D eigenvalue weighted by molar-refractivity contribution is 5.77. The molecule has 1 N–H and O–H groups in total. The van der Waals surface area contributed by atoms with Crippen LogP contribution in [0, 0.1) is 28.6 Å². The van der Waals surface area contributed by atoms with E-state index in [1.54, 1.807) is 0 Å². The van der Waals surface area contributed by atoms with Crippen molar-refractivity contribution in [3.05, 3.63) is 0 Å². The van der Waals surface area contributed by atoms with Crippen molar-refractivity contribution in [3.8, 4) is 0 Å². The van der Waals surface area contributed by atoms with Gasteiger partial charge in [-0.25, -0.2) is 0 Å². The number of aliphatic hydroxyl groups is 1. The molecule has 0 aliphatic heterocycles. The molecule has 4 rings (SSSR count). The van der Waals surface area contributed by atoms with Crippen LogP contribution in [-0.2, 0) is 14.3 Å². The molecular weight excluding hydrogens is 352 g/mol. The van der Waals surface area contributed by atoms with Crippen LogP contribution in [0.25, 0.3) is 0 Å². The molecule has 0 spiro atoms. The monoisotopic (exact) mass is 394 g/mol. The SMILES string of the molecule is CCC(C)(CC(C)(C)C(O)OC(C)(C)C)C(=O)OC12CC3CC(CC(C3)C1)C2. The van der Waals surface area contributed by atoms with E-state index in [1.165, 1.54) is 19.3 Å². The van der Waals surface area contributed by atoms with Gasteiger partial charge in [0, 0.05) is 5.41 Å². The largest absolute Gasteiger partial charge is 0.459 e. The van der Waals surface area contributed by atoms with E-state index in [1.807, 2.05) is 48.5 Å². The lowest BCUT2D eigenvalue weighted by Crippen LogP contribution is -2.54. The van der Waals surface area contributed by atoms with Gasteiger partial charge >= 0.3 is 5.97 Å². The first-order chi connectivity index (χ1) is 12.8. The average molecular weight is 395 g/mol. The van der Waals surface area contributed by atoms with E-state index in [2.05, 4.69) is 0 Å². The second-order valence-corrected chi connectivity index (χ2v) is 12.2. The number of carbonyl (C=O) groups is 1. The molecule has 0 heterocycles. The summed E-state index contributed by atoms with van der Waals surface area (Å²) in [6.07, 6.45) is 7.51. The number of esters is 1. The maximum atomic E-state index is 13.4. The van der Waals surface area contributed by atoms with Crippen molar-refractivity contribution in [2.75, 3.05) is 0 Å². The van der Waals surface area contributed by atoms with Crippen molar-refractivity contribution < 1.29 is 19.4 Å². The van der Waals surface area contributed by atoms with Crippen LogP contribution in [0.5, 0.6) is 0 Å². The number of hydrogen-bond acceptors (Lipinski definition) is 4. The fourth-order valence-corrected chi connectivity index (χ4v) is 6.40. The smallest absolute Gasteiger partial charge is 0.312 e. The molecule has 0 aromatic carbocycles. The minimum Gasteiger partial charge on any atom is -0.459 e. The zero-order valence-corrected chi connectivity index (χ0v) is 19.1. The van der Waals surface area contributed by atoms with Gasteiger partial charge < -0.3 is 14.6 Å². The van der Waals surface area contributed by atoms with E-state index >= 15 is 0 Å². The second kappa shape index (κ2) is 7.27. The third-order valence-corrected chi connectivity index (χ3v) is 7.54. The molecule has 0 aromatic rings. The Morgan fingerprint density at radius 1 is 1.00 bits per heavy atom. The van der Waals surface area contributed by atoms with E-state index in [9.17, 15) is 9.90 Å². The lowest BCUT2D eigenvalue weighted by Gasteiger charge is -2.56. The molecule has 162 valence electrons. The molecule has 4 aliphatic carbocycles. The van der Waals surface area contributed by atoms with Crippen molar-refractivity contribution in [2.45, 2.75) is 117 Å². The molecule has 4 aliphatic rings. The quantitative estimate of drug-likeness (QED) is 0.460. The van der Waals surface area contributed by atoms with Crippen LogP contribution in [0.2, 0.25) is 0 Å². The van der Waals surface area contributed by atoms with E-state index in [4.69, 9.17) is 9.47 Å². The maximum absolute atomic E-state index is 13.4. The average Bonchev–Trinajstić information content (AvgIpc) is 2.50. The first kappa shape index (κ1) is 22.1. The highest BCUT2D eigenvalue weighted by atomic mass is 16.6. The molecule has 28 heavy (non-hydrogen) atoms. The summed E-state index contributed by atoms with van der Waals surface area (Å²) >= 11 is 0. The lowest BCUT2D eigenvalue weighted by molar-refractivity contribution is -0.227. The summed E-state index contributed by atoms with van der Waals surface area (Å²) in [5.41, 5.74) is -1.81. The second-order valence-electron chi connectivity index (χ2n) is 12.2. The first-order valence-corrected chi connectivity index (χ1v) is 11.4. The van der Waals surface area contributed by atoms with Crippen LogP contribution in [-0.4, -0.2) is 28.6 Å². The Morgan fingerprint density at radius 3 is 1.86 bits per heavy atom. The minimum absolute atomic E-state index is 0.0759. The van der Waals surface area contributed by atoms with E-state index < -0.39 is 22.7 Å². The van der Waals surface area contributed by atoms with Crippen molar-refractivity contribution in [1.82, 2.24) is 0 Å². The van der Waals surface area contributed by atoms with Crippen LogP contribution in [0.1, 0.15) is 99.8 Å². The summed E-state index contributed by atoms with van der Waals surface area (Å²) in [5, 5.41) is 10.7. The molecule has 0 radical (unpaired) electrons. The standard InChI is InChI=1S/C24H42O4/c1-8-23(7,15-22(5,6)19(25)27-21(2,3)4)20(26)28-24-12-16-9-17(13-24)11-18(10-16)14-24/h16-19,25H,8-15H2,1-7H3. The molecule has 2 unspecified atom stereocenters. The molecule has 4 bridgehead atoms. The first-order valence-electron chi connectivity index (χ1n) is 11.4. The Balaban J connectivity index is 1.70. The van der Waals surface area contributed by atoms with Gasteiger partial charge in [-0.1, -0.05) is 20.8 Å². The number of carbonyl (C=O) groups excluding carboxylic acids is 1. The van der Waals surface area contributed by atoms with Crippen LogP contribution >= 0.6 is 0 Å². The molecule has 4 heteroatoms. The summed E-state index contributed by atoms with van der Waals surface area (Å²) in [5.74, 6) is 2.19. The van der Waals surface area contributed by atoms with Crippen LogP contribution in [0.3, 0.4) is 0 Å². The predicted molar refractivity (Wildman–Crippen MR) is 111 cm³/mol. The fourth-order valence-electron chi connectivity index (χ4n) is 6.40. The van der Waals surface area contributed by atoms with Gasteiger partial charge in [0.25, 0.3) is 0 Å². The summed E-state index contributed by atoms with van der Waals surface area (Å²) < 4.78 is 12.2. The summed E-state index contributed by atoms with van der Waals surface area (Å²) in [4.78, 5) is 13.4. The molecule has 4 nitrogen and oxygen atoms in total. The molecular formula is C24H42O4. The maximum Gasteiger partial charge on any atom is 0.312 e. The van der Waals surface area contributed by atoms with Gasteiger partial charge in [0.15, 0.2) is 6.29 Å². The fraction of sp³-hybridized carbons (Fsp3) is 0.958. The Kier molecular flexibility index (Phi) is 5.73. The third-order valence-electron chi connectivity index (χ3n) is 7.54. The zero-order valence-electron chi connectivity index (χ0n) is 19.1. The van der Waals surface area contributed by atoms with Crippen LogP contribution in [0.4, 0.5) is 0 Å². The van der Waals surface area contributed by atoms with Gasteiger partial charge in [0.05, 0.1) is 11.0 Å². The van der Waals surface area contributed by atoms with Crippen molar-refractivity contribution in [1.29, 1.82) is 0 Å². The number of aliphatic hydroxyl groups excluding tert-OH is 1. The normalized spacial score (nSPS) is 35.5. The van der Waals surface area contributed by atoms with Gasteiger partial charge in [0.1, 0.15) is 5.60 Å². The van der Waals surface area contributed by atoms with Crippen molar-refractivity contribution in [3.63, 3.8) is 0 Å². The van der Waals surface area contributed by atoms with E-state index in [-0.39, 0.29) is 11.6 Å². The van der Waals surface area contributed by atoms with Gasteiger partial charge in [-0.3, -0.25) is 4.79 Å². The zero-order chi connectivity index (χ0) is 21.0. The van der Waals surface area contributed by atoms with Gasteiger partial charge in [-0.2, -0.15) is 0 Å². The van der Waals surface area contributed by atoms with Gasteiger partial charge in [0.2, 0.25) is 0 Å². The van der Waals surface area contributed by atoms with Gasteiger partial charge in [-0.05, 0) is 96.8 Å².